The van der Waals surface area contributed by atoms with Crippen molar-refractivity contribution in [2.75, 3.05) is 6.61 Å². The van der Waals surface area contributed by atoms with Gasteiger partial charge in [0.1, 0.15) is 11.1 Å². The van der Waals surface area contributed by atoms with Crippen LogP contribution in [0, 0.1) is 17.0 Å². The lowest BCUT2D eigenvalue weighted by Crippen LogP contribution is -2.15. The van der Waals surface area contributed by atoms with Gasteiger partial charge in [-0.15, -0.1) is 0 Å². The molecule has 1 aromatic heterocycles. The first-order valence-electron chi connectivity index (χ1n) is 7.40. The number of esters is 1. The zero-order valence-electron chi connectivity index (χ0n) is 13.2. The van der Waals surface area contributed by atoms with E-state index < -0.39 is 23.3 Å². The Hall–Kier alpha value is -3.48. The molecule has 0 aliphatic rings. The molecule has 3 aromatic rings. The molecule has 126 valence electrons. The summed E-state index contributed by atoms with van der Waals surface area (Å²) in [6.07, 6.45) is 0. The van der Waals surface area contributed by atoms with Crippen LogP contribution in [0.3, 0.4) is 0 Å². The maximum atomic E-state index is 12.1. The number of carbonyl (C=O) groups is 2. The van der Waals surface area contributed by atoms with Crippen LogP contribution in [0.5, 0.6) is 0 Å². The van der Waals surface area contributed by atoms with Gasteiger partial charge in [-0.3, -0.25) is 14.9 Å². The number of furan rings is 1. The quantitative estimate of drug-likeness (QED) is 0.304. The van der Waals surface area contributed by atoms with E-state index in [1.807, 2.05) is 6.07 Å². The summed E-state index contributed by atoms with van der Waals surface area (Å²) in [6.45, 7) is 0.957. The smallest absolute Gasteiger partial charge is 0.345 e. The van der Waals surface area contributed by atoms with Crippen molar-refractivity contribution in [2.45, 2.75) is 6.92 Å². The summed E-state index contributed by atoms with van der Waals surface area (Å²) in [5.41, 5.74) is 0.362. The van der Waals surface area contributed by atoms with Gasteiger partial charge in [0, 0.05) is 10.9 Å². The summed E-state index contributed by atoms with van der Waals surface area (Å²) < 4.78 is 10.3. The zero-order valence-corrected chi connectivity index (χ0v) is 13.2. The fourth-order valence-electron chi connectivity index (χ4n) is 2.47. The van der Waals surface area contributed by atoms with E-state index in [1.54, 1.807) is 24.3 Å². The summed E-state index contributed by atoms with van der Waals surface area (Å²) in [5.74, 6) is -1.40. The number of ether oxygens (including phenoxy) is 1. The van der Waals surface area contributed by atoms with Gasteiger partial charge in [0.2, 0.25) is 5.78 Å². The Kier molecular flexibility index (Phi) is 4.30. The average Bonchev–Trinajstić information content (AvgIpc) is 3.03. The molecule has 0 atom stereocenters. The predicted molar refractivity (Wildman–Crippen MR) is 88.7 cm³/mol. The molecule has 0 N–H and O–H groups in total. The number of ketones is 1. The van der Waals surface area contributed by atoms with Crippen LogP contribution in [0.2, 0.25) is 0 Å². The minimum absolute atomic E-state index is 0.0627. The standard InChI is InChI=1S/C18H13NO6/c1-11-5-4-7-13(17(11)19(22)23)18(21)24-10-14(20)16-9-12-6-2-3-8-15(12)25-16/h2-9H,10H2,1H3. The number of nitro benzene ring substituents is 1. The summed E-state index contributed by atoms with van der Waals surface area (Å²) >= 11 is 0. The number of rotatable bonds is 5. The summed E-state index contributed by atoms with van der Waals surface area (Å²) in [6, 6.07) is 13.0. The summed E-state index contributed by atoms with van der Waals surface area (Å²) in [5, 5.41) is 11.9. The van der Waals surface area contributed by atoms with Crippen LogP contribution >= 0.6 is 0 Å². The molecule has 0 radical (unpaired) electrons. The Morgan fingerprint density at radius 3 is 2.64 bits per heavy atom. The second-order valence-corrected chi connectivity index (χ2v) is 5.38. The van der Waals surface area contributed by atoms with Gasteiger partial charge in [-0.2, -0.15) is 0 Å². The lowest BCUT2D eigenvalue weighted by molar-refractivity contribution is -0.385. The summed E-state index contributed by atoms with van der Waals surface area (Å²) in [7, 11) is 0. The van der Waals surface area contributed by atoms with Gasteiger partial charge < -0.3 is 9.15 Å². The van der Waals surface area contributed by atoms with Crippen molar-refractivity contribution in [3.05, 3.63) is 75.5 Å². The number of carbonyl (C=O) groups excluding carboxylic acids is 2. The monoisotopic (exact) mass is 339 g/mol. The van der Waals surface area contributed by atoms with Crippen molar-refractivity contribution in [2.24, 2.45) is 0 Å². The Morgan fingerprint density at radius 2 is 1.92 bits per heavy atom. The van der Waals surface area contributed by atoms with Crippen molar-refractivity contribution < 1.29 is 23.7 Å². The number of Topliss-reactive ketones (excluding diaryl/α,β-unsaturated/α-hetero) is 1. The molecule has 0 fully saturated rings. The lowest BCUT2D eigenvalue weighted by atomic mass is 10.1. The van der Waals surface area contributed by atoms with E-state index in [9.17, 15) is 19.7 Å². The van der Waals surface area contributed by atoms with E-state index in [1.165, 1.54) is 25.1 Å². The molecule has 0 aliphatic carbocycles. The number of nitrogens with zero attached hydrogens (tertiary/aromatic N) is 1. The van der Waals surface area contributed by atoms with E-state index >= 15 is 0 Å². The van der Waals surface area contributed by atoms with Crippen LogP contribution in [-0.2, 0) is 4.74 Å². The molecular weight excluding hydrogens is 326 g/mol. The van der Waals surface area contributed by atoms with Gasteiger partial charge in [-0.25, -0.2) is 4.79 Å². The molecule has 0 aliphatic heterocycles. The Labute approximate surface area is 142 Å². The average molecular weight is 339 g/mol. The first-order chi connectivity index (χ1) is 12.0. The number of hydrogen-bond acceptors (Lipinski definition) is 6. The van der Waals surface area contributed by atoms with Crippen molar-refractivity contribution >= 4 is 28.4 Å². The van der Waals surface area contributed by atoms with Gasteiger partial charge >= 0.3 is 5.97 Å². The van der Waals surface area contributed by atoms with E-state index in [-0.39, 0.29) is 17.0 Å². The van der Waals surface area contributed by atoms with Crippen LogP contribution in [0.25, 0.3) is 11.0 Å². The largest absolute Gasteiger partial charge is 0.453 e. The van der Waals surface area contributed by atoms with E-state index in [2.05, 4.69) is 0 Å². The number of benzene rings is 2. The molecule has 0 unspecified atom stereocenters. The molecule has 25 heavy (non-hydrogen) atoms. The molecule has 0 saturated heterocycles. The second kappa shape index (κ2) is 6.56. The molecule has 0 bridgehead atoms. The van der Waals surface area contributed by atoms with E-state index in [0.29, 0.717) is 11.1 Å². The minimum Gasteiger partial charge on any atom is -0.453 e. The number of aryl methyl sites for hydroxylation is 1. The number of fused-ring (bicyclic) bond motifs is 1. The second-order valence-electron chi connectivity index (χ2n) is 5.38. The highest BCUT2D eigenvalue weighted by Crippen LogP contribution is 2.24. The van der Waals surface area contributed by atoms with Crippen LogP contribution < -0.4 is 0 Å². The topological polar surface area (TPSA) is 99.7 Å². The van der Waals surface area contributed by atoms with Crippen molar-refractivity contribution in [3.8, 4) is 0 Å². The molecule has 1 heterocycles. The summed E-state index contributed by atoms with van der Waals surface area (Å²) in [4.78, 5) is 34.7. The van der Waals surface area contributed by atoms with Crippen LogP contribution in [0.15, 0.2) is 52.9 Å². The first kappa shape index (κ1) is 16.4. The van der Waals surface area contributed by atoms with E-state index in [4.69, 9.17) is 9.15 Å². The molecular formula is C18H13NO6. The third-order valence-corrected chi connectivity index (χ3v) is 3.67. The van der Waals surface area contributed by atoms with Crippen LogP contribution in [0.4, 0.5) is 5.69 Å². The fourth-order valence-corrected chi connectivity index (χ4v) is 2.47. The molecule has 0 amide bonds. The Balaban J connectivity index is 1.75. The van der Waals surface area contributed by atoms with E-state index in [0.717, 1.165) is 5.39 Å². The highest BCUT2D eigenvalue weighted by atomic mass is 16.6. The SMILES string of the molecule is Cc1cccc(C(=O)OCC(=O)c2cc3ccccc3o2)c1[N+](=O)[O-]. The third kappa shape index (κ3) is 3.25. The van der Waals surface area contributed by atoms with Gasteiger partial charge in [0.15, 0.2) is 12.4 Å². The van der Waals surface area contributed by atoms with Crippen LogP contribution in [0.1, 0.15) is 26.5 Å². The molecule has 7 nitrogen and oxygen atoms in total. The van der Waals surface area contributed by atoms with Gasteiger partial charge in [0.05, 0.1) is 4.92 Å². The Bertz CT molecular complexity index is 955. The normalized spacial score (nSPS) is 10.6. The maximum absolute atomic E-state index is 12.1. The van der Waals surface area contributed by atoms with Crippen molar-refractivity contribution in [1.29, 1.82) is 0 Å². The van der Waals surface area contributed by atoms with Crippen molar-refractivity contribution in [3.63, 3.8) is 0 Å². The molecule has 2 aromatic carbocycles. The molecule has 7 heteroatoms. The lowest BCUT2D eigenvalue weighted by Gasteiger charge is -2.05. The first-order valence-corrected chi connectivity index (χ1v) is 7.40. The third-order valence-electron chi connectivity index (χ3n) is 3.67. The zero-order chi connectivity index (χ0) is 18.0. The molecule has 0 spiro atoms. The molecule has 3 rings (SSSR count). The van der Waals surface area contributed by atoms with Gasteiger partial charge in [0.25, 0.3) is 5.69 Å². The van der Waals surface area contributed by atoms with Gasteiger partial charge in [-0.1, -0.05) is 30.3 Å². The van der Waals surface area contributed by atoms with Gasteiger partial charge in [-0.05, 0) is 25.1 Å². The number of hydrogen-bond donors (Lipinski definition) is 0. The predicted octanol–water partition coefficient (Wildman–Crippen LogP) is 3.69. The number of para-hydroxylation sites is 2. The minimum atomic E-state index is -0.931. The highest BCUT2D eigenvalue weighted by molar-refractivity contribution is 6.01. The molecule has 0 saturated carbocycles. The highest BCUT2D eigenvalue weighted by Gasteiger charge is 2.24. The number of nitro groups is 1. The maximum Gasteiger partial charge on any atom is 0.345 e. The van der Waals surface area contributed by atoms with Crippen molar-refractivity contribution in [1.82, 2.24) is 0 Å². The fraction of sp³-hybridized carbons (Fsp3) is 0.111. The Morgan fingerprint density at radius 1 is 1.16 bits per heavy atom. The van der Waals surface area contributed by atoms with Crippen LogP contribution in [-0.4, -0.2) is 23.3 Å².